The minimum atomic E-state index is -0.280. The van der Waals surface area contributed by atoms with Gasteiger partial charge in [-0.25, -0.2) is 4.39 Å². The van der Waals surface area contributed by atoms with Gasteiger partial charge in [-0.1, -0.05) is 6.07 Å². The zero-order valence-electron chi connectivity index (χ0n) is 11.4. The summed E-state index contributed by atoms with van der Waals surface area (Å²) in [6, 6.07) is 8.75. The predicted molar refractivity (Wildman–Crippen MR) is 78.6 cm³/mol. The molecule has 2 aromatic rings. The lowest BCUT2D eigenvalue weighted by atomic mass is 10.2. The maximum atomic E-state index is 13.5. The average Bonchev–Trinajstić information content (AvgIpc) is 2.94. The number of rotatable bonds is 8. The van der Waals surface area contributed by atoms with Crippen molar-refractivity contribution < 1.29 is 13.9 Å². The number of thiophene rings is 1. The van der Waals surface area contributed by atoms with Crippen molar-refractivity contribution in [2.24, 2.45) is 0 Å². The lowest BCUT2D eigenvalue weighted by Gasteiger charge is -2.09. The van der Waals surface area contributed by atoms with Crippen LogP contribution in [0.2, 0.25) is 0 Å². The number of benzene rings is 1. The second-order valence-electron chi connectivity index (χ2n) is 4.33. The van der Waals surface area contributed by atoms with Crippen molar-refractivity contribution in [3.05, 3.63) is 52.0 Å². The highest BCUT2D eigenvalue weighted by Gasteiger charge is 2.03. The first-order chi connectivity index (χ1) is 9.78. The lowest BCUT2D eigenvalue weighted by Crippen LogP contribution is -2.18. The predicted octanol–water partition coefficient (Wildman–Crippen LogP) is 3.20. The minimum Gasteiger partial charge on any atom is -0.488 e. The molecule has 1 heterocycles. The molecule has 0 saturated heterocycles. The maximum absolute atomic E-state index is 13.5. The van der Waals surface area contributed by atoms with Gasteiger partial charge in [0.1, 0.15) is 18.2 Å². The standard InChI is InChI=1S/C15H18FNO2S/c1-18-5-4-17-10-12-7-13(16)9-14(8-12)19-11-15-3-2-6-20-15/h2-3,6-9,17H,4-5,10-11H2,1H3. The average molecular weight is 295 g/mol. The topological polar surface area (TPSA) is 30.5 Å². The molecule has 0 atom stereocenters. The number of hydrogen-bond donors (Lipinski definition) is 1. The molecular weight excluding hydrogens is 277 g/mol. The van der Waals surface area contributed by atoms with E-state index in [4.69, 9.17) is 9.47 Å². The fraction of sp³-hybridized carbons (Fsp3) is 0.333. The lowest BCUT2D eigenvalue weighted by molar-refractivity contribution is 0.199. The fourth-order valence-electron chi connectivity index (χ4n) is 1.76. The summed E-state index contributed by atoms with van der Waals surface area (Å²) in [5.41, 5.74) is 0.863. The molecular formula is C15H18FNO2S. The molecule has 0 aliphatic carbocycles. The molecule has 0 spiro atoms. The van der Waals surface area contributed by atoms with Crippen LogP contribution in [0.4, 0.5) is 4.39 Å². The van der Waals surface area contributed by atoms with Gasteiger partial charge in [-0.05, 0) is 29.1 Å². The van der Waals surface area contributed by atoms with Crippen molar-refractivity contribution in [2.75, 3.05) is 20.3 Å². The molecule has 1 aromatic heterocycles. The molecule has 0 fully saturated rings. The molecule has 20 heavy (non-hydrogen) atoms. The number of nitrogens with one attached hydrogen (secondary N) is 1. The Bertz CT molecular complexity index is 517. The van der Waals surface area contributed by atoms with E-state index in [1.54, 1.807) is 18.4 Å². The number of ether oxygens (including phenoxy) is 2. The molecule has 3 nitrogen and oxygen atoms in total. The third-order valence-electron chi connectivity index (χ3n) is 2.70. The van der Waals surface area contributed by atoms with Crippen LogP contribution in [-0.4, -0.2) is 20.3 Å². The van der Waals surface area contributed by atoms with Crippen molar-refractivity contribution in [3.63, 3.8) is 0 Å². The Morgan fingerprint density at radius 2 is 2.20 bits per heavy atom. The van der Waals surface area contributed by atoms with Gasteiger partial charge in [-0.15, -0.1) is 11.3 Å². The van der Waals surface area contributed by atoms with Crippen LogP contribution in [0.25, 0.3) is 0 Å². The summed E-state index contributed by atoms with van der Waals surface area (Å²) in [5.74, 6) is 0.277. The summed E-state index contributed by atoms with van der Waals surface area (Å²) >= 11 is 1.62. The Hall–Kier alpha value is -1.43. The van der Waals surface area contributed by atoms with Crippen molar-refractivity contribution >= 4 is 11.3 Å². The van der Waals surface area contributed by atoms with Crippen molar-refractivity contribution in [1.29, 1.82) is 0 Å². The monoisotopic (exact) mass is 295 g/mol. The first kappa shape index (κ1) is 15.0. The van der Waals surface area contributed by atoms with Gasteiger partial charge in [0, 0.05) is 31.1 Å². The van der Waals surface area contributed by atoms with E-state index in [1.807, 2.05) is 23.6 Å². The normalized spacial score (nSPS) is 10.7. The van der Waals surface area contributed by atoms with Gasteiger partial charge in [-0.3, -0.25) is 0 Å². The zero-order valence-corrected chi connectivity index (χ0v) is 12.2. The van der Waals surface area contributed by atoms with Gasteiger partial charge in [0.25, 0.3) is 0 Å². The van der Waals surface area contributed by atoms with Gasteiger partial charge in [0.05, 0.1) is 6.61 Å². The van der Waals surface area contributed by atoms with Crippen LogP contribution < -0.4 is 10.1 Å². The minimum absolute atomic E-state index is 0.280. The number of methoxy groups -OCH3 is 1. The van der Waals surface area contributed by atoms with E-state index in [2.05, 4.69) is 5.32 Å². The van der Waals surface area contributed by atoms with E-state index in [0.717, 1.165) is 17.0 Å². The summed E-state index contributed by atoms with van der Waals surface area (Å²) < 4.78 is 24.1. The molecule has 0 unspecified atom stereocenters. The number of hydrogen-bond acceptors (Lipinski definition) is 4. The summed E-state index contributed by atoms with van der Waals surface area (Å²) in [6.45, 7) is 2.43. The molecule has 0 saturated carbocycles. The summed E-state index contributed by atoms with van der Waals surface area (Å²) in [4.78, 5) is 1.12. The summed E-state index contributed by atoms with van der Waals surface area (Å²) in [5, 5.41) is 5.18. The van der Waals surface area contributed by atoms with Crippen molar-refractivity contribution in [3.8, 4) is 5.75 Å². The quantitative estimate of drug-likeness (QED) is 0.759. The van der Waals surface area contributed by atoms with Gasteiger partial charge in [0.15, 0.2) is 0 Å². The first-order valence-electron chi connectivity index (χ1n) is 6.42. The Kier molecular flexibility index (Phi) is 5.98. The summed E-state index contributed by atoms with van der Waals surface area (Å²) in [6.07, 6.45) is 0. The summed E-state index contributed by atoms with van der Waals surface area (Å²) in [7, 11) is 1.65. The highest BCUT2D eigenvalue weighted by molar-refractivity contribution is 7.09. The third kappa shape index (κ3) is 4.92. The van der Waals surface area contributed by atoms with E-state index in [1.165, 1.54) is 12.1 Å². The maximum Gasteiger partial charge on any atom is 0.127 e. The Morgan fingerprint density at radius 1 is 1.30 bits per heavy atom. The first-order valence-corrected chi connectivity index (χ1v) is 7.30. The second kappa shape index (κ2) is 7.99. The van der Waals surface area contributed by atoms with Crippen molar-refractivity contribution in [2.45, 2.75) is 13.2 Å². The van der Waals surface area contributed by atoms with Gasteiger partial charge in [-0.2, -0.15) is 0 Å². The molecule has 108 valence electrons. The Morgan fingerprint density at radius 3 is 2.95 bits per heavy atom. The van der Waals surface area contributed by atoms with Gasteiger partial charge in [0.2, 0.25) is 0 Å². The highest BCUT2D eigenvalue weighted by Crippen LogP contribution is 2.19. The van der Waals surface area contributed by atoms with Gasteiger partial charge < -0.3 is 14.8 Å². The highest BCUT2D eigenvalue weighted by atomic mass is 32.1. The molecule has 2 rings (SSSR count). The van der Waals surface area contributed by atoms with Crippen LogP contribution >= 0.6 is 11.3 Å². The SMILES string of the molecule is COCCNCc1cc(F)cc(OCc2cccs2)c1. The van der Waals surface area contributed by atoms with Crippen LogP contribution in [0.3, 0.4) is 0 Å². The van der Waals surface area contributed by atoms with E-state index in [9.17, 15) is 4.39 Å². The Balaban J connectivity index is 1.90. The van der Waals surface area contributed by atoms with Gasteiger partial charge >= 0.3 is 0 Å². The second-order valence-corrected chi connectivity index (χ2v) is 5.37. The van der Waals surface area contributed by atoms with E-state index >= 15 is 0 Å². The largest absolute Gasteiger partial charge is 0.488 e. The molecule has 5 heteroatoms. The molecule has 0 amide bonds. The molecule has 0 radical (unpaired) electrons. The zero-order chi connectivity index (χ0) is 14.2. The molecule has 0 bridgehead atoms. The van der Waals surface area contributed by atoms with Crippen LogP contribution in [0.15, 0.2) is 35.7 Å². The molecule has 0 aliphatic rings. The van der Waals surface area contributed by atoms with Crippen molar-refractivity contribution in [1.82, 2.24) is 5.32 Å². The van der Waals surface area contributed by atoms with Crippen LogP contribution in [0, 0.1) is 5.82 Å². The molecule has 1 aromatic carbocycles. The van der Waals surface area contributed by atoms with E-state index < -0.39 is 0 Å². The Labute approximate surface area is 122 Å². The van der Waals surface area contributed by atoms with Crippen LogP contribution in [-0.2, 0) is 17.9 Å². The third-order valence-corrected chi connectivity index (χ3v) is 3.55. The van der Waals surface area contributed by atoms with Crippen LogP contribution in [0.5, 0.6) is 5.75 Å². The number of halogens is 1. The van der Waals surface area contributed by atoms with E-state index in [0.29, 0.717) is 25.5 Å². The molecule has 0 aliphatic heterocycles. The fourth-order valence-corrected chi connectivity index (χ4v) is 2.38. The molecule has 1 N–H and O–H groups in total. The smallest absolute Gasteiger partial charge is 0.127 e. The van der Waals surface area contributed by atoms with E-state index in [-0.39, 0.29) is 5.82 Å². The van der Waals surface area contributed by atoms with Crippen LogP contribution in [0.1, 0.15) is 10.4 Å².